The lowest BCUT2D eigenvalue weighted by Crippen LogP contribution is -2.27. The lowest BCUT2D eigenvalue weighted by molar-refractivity contribution is -0.121. The number of carbonyl (C=O) groups is 1. The highest BCUT2D eigenvalue weighted by molar-refractivity contribution is 9.10. The number of hydrogen-bond donors (Lipinski definition) is 1. The van der Waals surface area contributed by atoms with Crippen molar-refractivity contribution in [3.63, 3.8) is 0 Å². The van der Waals surface area contributed by atoms with Crippen LogP contribution in [0, 0.1) is 17.8 Å². The van der Waals surface area contributed by atoms with Gasteiger partial charge in [0.05, 0.1) is 5.69 Å². The van der Waals surface area contributed by atoms with Crippen LogP contribution in [0.2, 0.25) is 0 Å². The number of rotatable bonds is 2. The first-order valence-electron chi connectivity index (χ1n) is 6.29. The lowest BCUT2D eigenvalue weighted by Gasteiger charge is -2.21. The third-order valence-corrected chi connectivity index (χ3v) is 4.90. The molecule has 2 aliphatic carbocycles. The van der Waals surface area contributed by atoms with Crippen molar-refractivity contribution in [1.82, 2.24) is 0 Å². The molecule has 0 spiro atoms. The minimum Gasteiger partial charge on any atom is -0.325 e. The maximum Gasteiger partial charge on any atom is 0.227 e. The molecule has 3 rings (SSSR count). The van der Waals surface area contributed by atoms with E-state index in [9.17, 15) is 4.79 Å². The molecule has 0 unspecified atom stereocenters. The van der Waals surface area contributed by atoms with Crippen molar-refractivity contribution >= 4 is 27.5 Å². The van der Waals surface area contributed by atoms with Gasteiger partial charge >= 0.3 is 0 Å². The average Bonchev–Trinajstić information content (AvgIpc) is 2.94. The van der Waals surface area contributed by atoms with Crippen LogP contribution in [0.25, 0.3) is 0 Å². The number of hydrogen-bond acceptors (Lipinski definition) is 1. The van der Waals surface area contributed by atoms with Gasteiger partial charge in [-0.2, -0.15) is 0 Å². The van der Waals surface area contributed by atoms with Crippen LogP contribution in [0.15, 0.2) is 28.7 Å². The summed E-state index contributed by atoms with van der Waals surface area (Å²) in [4.78, 5) is 12.2. The van der Waals surface area contributed by atoms with Crippen molar-refractivity contribution in [2.24, 2.45) is 17.8 Å². The van der Waals surface area contributed by atoms with Gasteiger partial charge in [0.1, 0.15) is 0 Å². The molecule has 0 aromatic heterocycles. The van der Waals surface area contributed by atoms with E-state index >= 15 is 0 Å². The van der Waals surface area contributed by atoms with Crippen LogP contribution in [-0.4, -0.2) is 5.91 Å². The summed E-state index contributed by atoms with van der Waals surface area (Å²) in [6.45, 7) is 0. The number of para-hydroxylation sites is 1. The summed E-state index contributed by atoms with van der Waals surface area (Å²) in [5.41, 5.74) is 0.889. The summed E-state index contributed by atoms with van der Waals surface area (Å²) in [5, 5.41) is 3.05. The molecule has 3 atom stereocenters. The molecule has 1 aromatic carbocycles. The van der Waals surface area contributed by atoms with Gasteiger partial charge in [-0.1, -0.05) is 18.6 Å². The Kier molecular flexibility index (Phi) is 2.95. The predicted molar refractivity (Wildman–Crippen MR) is 71.7 cm³/mol. The van der Waals surface area contributed by atoms with Crippen LogP contribution in [0.4, 0.5) is 5.69 Å². The number of amides is 1. The van der Waals surface area contributed by atoms with Gasteiger partial charge in [0.2, 0.25) is 5.91 Å². The van der Waals surface area contributed by atoms with Gasteiger partial charge in [0, 0.05) is 10.4 Å². The Morgan fingerprint density at radius 1 is 1.24 bits per heavy atom. The van der Waals surface area contributed by atoms with Gasteiger partial charge < -0.3 is 5.32 Å². The number of nitrogens with one attached hydrogen (secondary N) is 1. The monoisotopic (exact) mass is 293 g/mol. The molecular formula is C14H16BrNO. The average molecular weight is 294 g/mol. The van der Waals surface area contributed by atoms with Crippen molar-refractivity contribution in [3.8, 4) is 0 Å². The topological polar surface area (TPSA) is 29.1 Å². The van der Waals surface area contributed by atoms with Gasteiger partial charge in [-0.25, -0.2) is 0 Å². The first kappa shape index (κ1) is 11.3. The third kappa shape index (κ3) is 2.13. The molecule has 2 nitrogen and oxygen atoms in total. The van der Waals surface area contributed by atoms with Gasteiger partial charge in [0.25, 0.3) is 0 Å². The van der Waals surface area contributed by atoms with E-state index in [1.54, 1.807) is 0 Å². The normalized spacial score (nSPS) is 30.5. The molecule has 90 valence electrons. The molecule has 1 amide bonds. The molecule has 0 heterocycles. The summed E-state index contributed by atoms with van der Waals surface area (Å²) in [6, 6.07) is 7.80. The zero-order chi connectivity index (χ0) is 11.8. The van der Waals surface area contributed by atoms with Gasteiger partial charge in [0.15, 0.2) is 0 Å². The van der Waals surface area contributed by atoms with Gasteiger partial charge in [-0.3, -0.25) is 4.79 Å². The molecule has 2 bridgehead atoms. The molecule has 0 radical (unpaired) electrons. The SMILES string of the molecule is O=C(Nc1ccccc1Br)[C@H]1C[C@@H]2CC[C@H]1C2. The zero-order valence-electron chi connectivity index (χ0n) is 9.66. The molecule has 2 saturated carbocycles. The Morgan fingerprint density at radius 2 is 2.06 bits per heavy atom. The highest BCUT2D eigenvalue weighted by atomic mass is 79.9. The maximum absolute atomic E-state index is 12.2. The predicted octanol–water partition coefficient (Wildman–Crippen LogP) is 3.82. The number of fused-ring (bicyclic) bond motifs is 2. The second kappa shape index (κ2) is 4.45. The maximum atomic E-state index is 12.2. The van der Waals surface area contributed by atoms with E-state index < -0.39 is 0 Å². The standard InChI is InChI=1S/C14H16BrNO/c15-12-3-1-2-4-13(12)16-14(17)11-8-9-5-6-10(11)7-9/h1-4,9-11H,5-8H2,(H,16,17)/t9-,10+,11+/m1/s1. The van der Waals surface area contributed by atoms with E-state index in [0.29, 0.717) is 5.92 Å². The Labute approximate surface area is 110 Å². The smallest absolute Gasteiger partial charge is 0.227 e. The molecule has 1 aromatic rings. The Bertz CT molecular complexity index is 446. The third-order valence-electron chi connectivity index (χ3n) is 4.21. The zero-order valence-corrected chi connectivity index (χ0v) is 11.2. The summed E-state index contributed by atoms with van der Waals surface area (Å²) in [7, 11) is 0. The van der Waals surface area contributed by atoms with Crippen LogP contribution >= 0.6 is 15.9 Å². The van der Waals surface area contributed by atoms with E-state index in [4.69, 9.17) is 0 Å². The first-order chi connectivity index (χ1) is 8.24. The molecule has 2 fully saturated rings. The van der Waals surface area contributed by atoms with E-state index in [-0.39, 0.29) is 11.8 Å². The Balaban J connectivity index is 1.70. The molecule has 17 heavy (non-hydrogen) atoms. The summed E-state index contributed by atoms with van der Waals surface area (Å²) in [5.74, 6) is 1.92. The van der Waals surface area contributed by atoms with E-state index in [2.05, 4.69) is 21.2 Å². The minimum absolute atomic E-state index is 0.212. The van der Waals surface area contributed by atoms with Crippen molar-refractivity contribution in [2.45, 2.75) is 25.7 Å². The quantitative estimate of drug-likeness (QED) is 0.882. The number of benzene rings is 1. The van der Waals surface area contributed by atoms with Gasteiger partial charge in [-0.15, -0.1) is 0 Å². The Hall–Kier alpha value is -0.830. The van der Waals surface area contributed by atoms with E-state index in [0.717, 1.165) is 22.5 Å². The number of carbonyl (C=O) groups excluding carboxylic acids is 1. The fraction of sp³-hybridized carbons (Fsp3) is 0.500. The van der Waals surface area contributed by atoms with Crippen molar-refractivity contribution in [2.75, 3.05) is 5.32 Å². The largest absolute Gasteiger partial charge is 0.325 e. The van der Waals surface area contributed by atoms with E-state index in [1.807, 2.05) is 24.3 Å². The lowest BCUT2D eigenvalue weighted by atomic mass is 9.88. The summed E-state index contributed by atoms with van der Waals surface area (Å²) < 4.78 is 0.955. The minimum atomic E-state index is 0.212. The molecule has 3 heteroatoms. The van der Waals surface area contributed by atoms with Crippen molar-refractivity contribution < 1.29 is 4.79 Å². The van der Waals surface area contributed by atoms with Crippen LogP contribution in [0.3, 0.4) is 0 Å². The highest BCUT2D eigenvalue weighted by Crippen LogP contribution is 2.48. The van der Waals surface area contributed by atoms with E-state index in [1.165, 1.54) is 19.3 Å². The van der Waals surface area contributed by atoms with Crippen molar-refractivity contribution in [1.29, 1.82) is 0 Å². The van der Waals surface area contributed by atoms with Crippen molar-refractivity contribution in [3.05, 3.63) is 28.7 Å². The molecule has 0 saturated heterocycles. The van der Waals surface area contributed by atoms with Gasteiger partial charge in [-0.05, 0) is 59.2 Å². The molecule has 2 aliphatic rings. The fourth-order valence-corrected chi connectivity index (χ4v) is 3.74. The van der Waals surface area contributed by atoms with Crippen LogP contribution in [0.5, 0.6) is 0 Å². The summed E-state index contributed by atoms with van der Waals surface area (Å²) >= 11 is 3.46. The highest BCUT2D eigenvalue weighted by Gasteiger charge is 2.43. The molecular weight excluding hydrogens is 278 g/mol. The fourth-order valence-electron chi connectivity index (χ4n) is 3.35. The summed E-state index contributed by atoms with van der Waals surface area (Å²) in [6.07, 6.45) is 4.96. The van der Waals surface area contributed by atoms with Crippen LogP contribution < -0.4 is 5.32 Å². The first-order valence-corrected chi connectivity index (χ1v) is 7.08. The number of halogens is 1. The van der Waals surface area contributed by atoms with Crippen LogP contribution in [0.1, 0.15) is 25.7 Å². The Morgan fingerprint density at radius 3 is 2.71 bits per heavy atom. The molecule has 1 N–H and O–H groups in total. The van der Waals surface area contributed by atoms with Crippen LogP contribution in [-0.2, 0) is 4.79 Å². The second-order valence-corrected chi connectivity index (χ2v) is 6.10. The number of anilines is 1. The second-order valence-electron chi connectivity index (χ2n) is 5.25. The molecule has 0 aliphatic heterocycles.